The molecular weight excluding hydrogens is 773 g/mol. The van der Waals surface area contributed by atoms with Crippen molar-refractivity contribution >= 4 is 0 Å². The number of ether oxygens (including phenoxy) is 10. The van der Waals surface area contributed by atoms with Crippen LogP contribution >= 0.6 is 0 Å². The van der Waals surface area contributed by atoms with Crippen LogP contribution in [0.4, 0.5) is 0 Å². The molecule has 0 saturated carbocycles. The first-order valence-corrected chi connectivity index (χ1v) is 20.5. The molecule has 6 aromatic carbocycles. The van der Waals surface area contributed by atoms with Crippen LogP contribution in [0.25, 0.3) is 0 Å². The smallest absolute Gasteiger partial charge is 0.164 e. The van der Waals surface area contributed by atoms with Gasteiger partial charge in [0.25, 0.3) is 0 Å². The van der Waals surface area contributed by atoms with E-state index in [4.69, 9.17) is 47.4 Å². The van der Waals surface area contributed by atoms with E-state index in [0.717, 1.165) is 33.4 Å². The van der Waals surface area contributed by atoms with E-state index in [2.05, 4.69) is 0 Å². The maximum absolute atomic E-state index is 7.35. The van der Waals surface area contributed by atoms with Gasteiger partial charge in [-0.05, 0) is 28.3 Å². The standard InChI is InChI=1S/C51H52O10/c1-52-41-28-44(55-4)46(47-39(41)25-38-26-42(53-2)43(54-3)27-40(38)60-47)49-51(59-32-37-23-15-8-16-24-37)50(58-31-36-21-13-7-14-22-36)48(57-30-35-19-11-6-12-20-35)45(61-49)33-56-29-34-17-9-5-10-18-34/h5-24,26-28,45,48-51H,25,29-33H2,1-4H3/t45-,48-,49+,50+,51+/m1/s1. The summed E-state index contributed by atoms with van der Waals surface area (Å²) in [4.78, 5) is 0. The molecule has 0 radical (unpaired) electrons. The number of fused-ring (bicyclic) bond motifs is 2. The Labute approximate surface area is 357 Å². The summed E-state index contributed by atoms with van der Waals surface area (Å²) in [5, 5.41) is 0. The first-order chi connectivity index (χ1) is 30.1. The molecule has 8 rings (SSSR count). The second-order valence-electron chi connectivity index (χ2n) is 15.0. The lowest BCUT2D eigenvalue weighted by atomic mass is 9.87. The lowest BCUT2D eigenvalue weighted by Gasteiger charge is -2.47. The Kier molecular flexibility index (Phi) is 13.8. The second kappa shape index (κ2) is 20.1. The number of rotatable bonds is 18. The van der Waals surface area contributed by atoms with E-state index in [-0.39, 0.29) is 13.2 Å². The Morgan fingerprint density at radius 1 is 0.492 bits per heavy atom. The quantitative estimate of drug-likeness (QED) is 0.0833. The predicted octanol–water partition coefficient (Wildman–Crippen LogP) is 9.83. The number of benzene rings is 6. The normalized spacial score (nSPS) is 19.2. The first kappa shape index (κ1) is 41.8. The van der Waals surface area contributed by atoms with Crippen molar-refractivity contribution in [3.05, 3.63) is 178 Å². The van der Waals surface area contributed by atoms with Crippen molar-refractivity contribution in [2.75, 3.05) is 35.0 Å². The van der Waals surface area contributed by atoms with Gasteiger partial charge in [-0.2, -0.15) is 0 Å². The van der Waals surface area contributed by atoms with Crippen molar-refractivity contribution in [2.45, 2.75) is 63.4 Å². The molecule has 0 spiro atoms. The van der Waals surface area contributed by atoms with Crippen LogP contribution in [0.2, 0.25) is 0 Å². The minimum Gasteiger partial charge on any atom is -0.496 e. The van der Waals surface area contributed by atoms with Crippen molar-refractivity contribution < 1.29 is 47.4 Å². The second-order valence-corrected chi connectivity index (χ2v) is 15.0. The molecule has 10 nitrogen and oxygen atoms in total. The number of hydrogen-bond acceptors (Lipinski definition) is 10. The summed E-state index contributed by atoms with van der Waals surface area (Å²) in [7, 11) is 6.50. The van der Waals surface area contributed by atoms with E-state index in [9.17, 15) is 0 Å². The molecule has 0 aromatic heterocycles. The molecule has 0 aliphatic carbocycles. The molecule has 0 bridgehead atoms. The zero-order valence-corrected chi connectivity index (χ0v) is 35.0. The average molecular weight is 825 g/mol. The monoisotopic (exact) mass is 824 g/mol. The third-order valence-corrected chi connectivity index (χ3v) is 11.1. The fourth-order valence-electron chi connectivity index (χ4n) is 8.03. The highest BCUT2D eigenvalue weighted by Crippen LogP contribution is 2.54. The molecule has 5 atom stereocenters. The molecule has 0 amide bonds. The molecule has 10 heteroatoms. The van der Waals surface area contributed by atoms with Gasteiger partial charge in [0.15, 0.2) is 11.5 Å². The van der Waals surface area contributed by atoms with Gasteiger partial charge < -0.3 is 47.4 Å². The maximum atomic E-state index is 7.35. The van der Waals surface area contributed by atoms with Crippen LogP contribution in [-0.2, 0) is 56.5 Å². The van der Waals surface area contributed by atoms with Gasteiger partial charge in [0.2, 0.25) is 0 Å². The zero-order valence-electron chi connectivity index (χ0n) is 35.0. The molecule has 1 saturated heterocycles. The third-order valence-electron chi connectivity index (χ3n) is 11.1. The average Bonchev–Trinajstić information content (AvgIpc) is 3.32. The molecule has 0 unspecified atom stereocenters. The molecule has 0 N–H and O–H groups in total. The Morgan fingerprint density at radius 2 is 0.967 bits per heavy atom. The van der Waals surface area contributed by atoms with E-state index in [1.54, 1.807) is 28.4 Å². The molecule has 1 fully saturated rings. The van der Waals surface area contributed by atoms with E-state index in [0.29, 0.717) is 66.3 Å². The molecular formula is C51H52O10. The molecule has 61 heavy (non-hydrogen) atoms. The molecule has 6 aromatic rings. The minimum atomic E-state index is -0.803. The summed E-state index contributed by atoms with van der Waals surface area (Å²) in [6.45, 7) is 1.47. The lowest BCUT2D eigenvalue weighted by Crippen LogP contribution is -2.58. The minimum absolute atomic E-state index is 0.197. The molecule has 2 aliphatic rings. The molecule has 2 heterocycles. The van der Waals surface area contributed by atoms with E-state index >= 15 is 0 Å². The van der Waals surface area contributed by atoms with Crippen LogP contribution < -0.4 is 23.7 Å². The summed E-state index contributed by atoms with van der Waals surface area (Å²) >= 11 is 0. The Balaban J connectivity index is 1.26. The highest BCUT2D eigenvalue weighted by Gasteiger charge is 2.51. The van der Waals surface area contributed by atoms with Gasteiger partial charge in [0.05, 0.1) is 67.0 Å². The van der Waals surface area contributed by atoms with Gasteiger partial charge >= 0.3 is 0 Å². The lowest BCUT2D eigenvalue weighted by molar-refractivity contribution is -0.275. The summed E-state index contributed by atoms with van der Waals surface area (Å²) in [6, 6.07) is 46.0. The number of methoxy groups -OCH3 is 4. The van der Waals surface area contributed by atoms with Crippen LogP contribution in [-0.4, -0.2) is 59.5 Å². The highest BCUT2D eigenvalue weighted by atomic mass is 16.6. The van der Waals surface area contributed by atoms with Gasteiger partial charge in [0, 0.05) is 29.7 Å². The van der Waals surface area contributed by atoms with E-state index < -0.39 is 30.5 Å². The topological polar surface area (TPSA) is 92.3 Å². The fourth-order valence-corrected chi connectivity index (χ4v) is 8.03. The molecule has 316 valence electrons. The van der Waals surface area contributed by atoms with Gasteiger partial charge in [0.1, 0.15) is 53.5 Å². The summed E-state index contributed by atoms with van der Waals surface area (Å²) in [5.41, 5.74) is 6.45. The van der Waals surface area contributed by atoms with E-state index in [1.165, 1.54) is 0 Å². The third kappa shape index (κ3) is 9.70. The van der Waals surface area contributed by atoms with Gasteiger partial charge in [-0.3, -0.25) is 0 Å². The largest absolute Gasteiger partial charge is 0.496 e. The highest BCUT2D eigenvalue weighted by molar-refractivity contribution is 5.65. The van der Waals surface area contributed by atoms with Crippen molar-refractivity contribution in [3.8, 4) is 34.5 Å². The van der Waals surface area contributed by atoms with Crippen molar-refractivity contribution in [1.29, 1.82) is 0 Å². The van der Waals surface area contributed by atoms with Crippen LogP contribution in [0.1, 0.15) is 45.0 Å². The first-order valence-electron chi connectivity index (χ1n) is 20.5. The van der Waals surface area contributed by atoms with Crippen LogP contribution in [0.3, 0.4) is 0 Å². The summed E-state index contributed by atoms with van der Waals surface area (Å²) < 4.78 is 65.4. The van der Waals surface area contributed by atoms with E-state index in [1.807, 2.05) is 140 Å². The fraction of sp³-hybridized carbons (Fsp3) is 0.294. The van der Waals surface area contributed by atoms with Gasteiger partial charge in [-0.25, -0.2) is 0 Å². The zero-order chi connectivity index (χ0) is 42.0. The SMILES string of the molecule is COc1cc2c(cc1OC)Oc1c(c(OC)cc(OC)c1[C@@H]1O[C@H](COCc3ccccc3)[C@@H](OCc3ccccc3)[C@H](OCc3ccccc3)[C@H]1OCc1ccccc1)C2. The molecule has 2 aliphatic heterocycles. The Hall–Kier alpha value is -5.88. The van der Waals surface area contributed by atoms with Crippen LogP contribution in [0.15, 0.2) is 140 Å². The Morgan fingerprint density at radius 3 is 1.49 bits per heavy atom. The van der Waals surface area contributed by atoms with Crippen molar-refractivity contribution in [2.24, 2.45) is 0 Å². The predicted molar refractivity (Wildman–Crippen MR) is 231 cm³/mol. The van der Waals surface area contributed by atoms with Crippen LogP contribution in [0.5, 0.6) is 34.5 Å². The van der Waals surface area contributed by atoms with Crippen LogP contribution in [0, 0.1) is 0 Å². The van der Waals surface area contributed by atoms with Gasteiger partial charge in [-0.15, -0.1) is 0 Å². The maximum Gasteiger partial charge on any atom is 0.164 e. The van der Waals surface area contributed by atoms with Gasteiger partial charge in [-0.1, -0.05) is 121 Å². The van der Waals surface area contributed by atoms with Crippen molar-refractivity contribution in [1.82, 2.24) is 0 Å². The van der Waals surface area contributed by atoms with Crippen molar-refractivity contribution in [3.63, 3.8) is 0 Å². The number of hydrogen-bond donors (Lipinski definition) is 0. The Bertz CT molecular complexity index is 2310. The summed E-state index contributed by atoms with van der Waals surface area (Å²) in [5.74, 6) is 3.42. The summed E-state index contributed by atoms with van der Waals surface area (Å²) in [6.07, 6.45) is -2.99.